The third kappa shape index (κ3) is 2.80. The van der Waals surface area contributed by atoms with Crippen molar-refractivity contribution in [1.82, 2.24) is 0 Å². The first-order chi connectivity index (χ1) is 7.56. The van der Waals surface area contributed by atoms with Crippen LogP contribution in [0.1, 0.15) is 26.3 Å². The lowest BCUT2D eigenvalue weighted by Gasteiger charge is -2.06. The number of carboxylic acids is 1. The maximum Gasteiger partial charge on any atom is 0.338 e. The van der Waals surface area contributed by atoms with Gasteiger partial charge in [-0.15, -0.1) is 0 Å². The average Bonchev–Trinajstić information content (AvgIpc) is 2.25. The Kier molecular flexibility index (Phi) is 4.02. The Hall–Kier alpha value is -1.88. The van der Waals surface area contributed by atoms with Gasteiger partial charge in [-0.2, -0.15) is 0 Å². The van der Waals surface area contributed by atoms with Crippen molar-refractivity contribution in [3.05, 3.63) is 34.9 Å². The van der Waals surface area contributed by atoms with Gasteiger partial charge in [-0.05, 0) is 30.7 Å². The topological polar surface area (TPSA) is 83.8 Å². The van der Waals surface area contributed by atoms with Gasteiger partial charge in [0.2, 0.25) is 0 Å². The van der Waals surface area contributed by atoms with E-state index >= 15 is 0 Å². The Morgan fingerprint density at radius 3 is 2.56 bits per heavy atom. The highest BCUT2D eigenvalue weighted by atomic mass is 16.5. The summed E-state index contributed by atoms with van der Waals surface area (Å²) >= 11 is 0. The quantitative estimate of drug-likeness (QED) is 0.740. The lowest BCUT2D eigenvalue weighted by atomic mass is 10.1. The third-order valence-electron chi connectivity index (χ3n) is 2.02. The van der Waals surface area contributed by atoms with Crippen molar-refractivity contribution in [3.8, 4) is 0 Å². The number of carbonyl (C=O) groups is 2. The van der Waals surface area contributed by atoms with Crippen molar-refractivity contribution >= 4 is 11.9 Å². The highest BCUT2D eigenvalue weighted by Crippen LogP contribution is 2.12. The molecule has 0 aliphatic carbocycles. The van der Waals surface area contributed by atoms with E-state index in [1.807, 2.05) is 0 Å². The van der Waals surface area contributed by atoms with E-state index in [0.29, 0.717) is 11.1 Å². The number of aliphatic hydroxyl groups is 1. The maximum absolute atomic E-state index is 11.4. The molecule has 5 nitrogen and oxygen atoms in total. The summed E-state index contributed by atoms with van der Waals surface area (Å²) in [7, 11) is 0. The van der Waals surface area contributed by atoms with Crippen molar-refractivity contribution in [2.75, 3.05) is 13.2 Å². The second-order valence-corrected chi connectivity index (χ2v) is 3.19. The Bertz CT molecular complexity index is 411. The molecule has 1 rings (SSSR count). The SMILES string of the molecule is Cc1cc(C(=O)O)ccc1C(=O)OCCO. The predicted molar refractivity (Wildman–Crippen MR) is 55.5 cm³/mol. The summed E-state index contributed by atoms with van der Waals surface area (Å²) in [6.45, 7) is 1.32. The van der Waals surface area contributed by atoms with Gasteiger partial charge in [-0.3, -0.25) is 0 Å². The standard InChI is InChI=1S/C11H12O5/c1-7-6-8(10(13)14)2-3-9(7)11(15)16-5-4-12/h2-3,6,12H,4-5H2,1H3,(H,13,14). The summed E-state index contributed by atoms with van der Waals surface area (Å²) < 4.78 is 4.72. The summed E-state index contributed by atoms with van der Waals surface area (Å²) in [6.07, 6.45) is 0. The number of hydrogen-bond donors (Lipinski definition) is 2. The monoisotopic (exact) mass is 224 g/mol. The van der Waals surface area contributed by atoms with E-state index in [1.54, 1.807) is 6.92 Å². The molecule has 0 aromatic heterocycles. The van der Waals surface area contributed by atoms with Crippen molar-refractivity contribution in [2.24, 2.45) is 0 Å². The van der Waals surface area contributed by atoms with Crippen LogP contribution in [0.4, 0.5) is 0 Å². The van der Waals surface area contributed by atoms with Crippen LogP contribution < -0.4 is 0 Å². The summed E-state index contributed by atoms with van der Waals surface area (Å²) in [5.41, 5.74) is 0.956. The average molecular weight is 224 g/mol. The maximum atomic E-state index is 11.4. The molecule has 5 heteroatoms. The summed E-state index contributed by atoms with van der Waals surface area (Å²) in [4.78, 5) is 22.1. The normalized spacial score (nSPS) is 9.88. The smallest absolute Gasteiger partial charge is 0.338 e. The lowest BCUT2D eigenvalue weighted by molar-refractivity contribution is 0.0432. The first-order valence-electron chi connectivity index (χ1n) is 4.68. The highest BCUT2D eigenvalue weighted by molar-refractivity contribution is 5.94. The molecule has 16 heavy (non-hydrogen) atoms. The van der Waals surface area contributed by atoms with Crippen LogP contribution in [0.3, 0.4) is 0 Å². The van der Waals surface area contributed by atoms with Gasteiger partial charge in [0.25, 0.3) is 0 Å². The number of carbonyl (C=O) groups excluding carboxylic acids is 1. The second-order valence-electron chi connectivity index (χ2n) is 3.19. The fraction of sp³-hybridized carbons (Fsp3) is 0.273. The fourth-order valence-electron chi connectivity index (χ4n) is 1.24. The van der Waals surface area contributed by atoms with Gasteiger partial charge >= 0.3 is 11.9 Å². The molecule has 86 valence electrons. The van der Waals surface area contributed by atoms with E-state index in [0.717, 1.165) is 0 Å². The number of aryl methyl sites for hydroxylation is 1. The molecular weight excluding hydrogens is 212 g/mol. The number of esters is 1. The Morgan fingerprint density at radius 1 is 1.38 bits per heavy atom. The molecule has 1 aromatic rings. The fourth-order valence-corrected chi connectivity index (χ4v) is 1.24. The zero-order valence-electron chi connectivity index (χ0n) is 8.77. The molecule has 0 saturated carbocycles. The van der Waals surface area contributed by atoms with Crippen LogP contribution in [0.5, 0.6) is 0 Å². The van der Waals surface area contributed by atoms with E-state index in [-0.39, 0.29) is 18.8 Å². The molecule has 0 atom stereocenters. The first-order valence-corrected chi connectivity index (χ1v) is 4.68. The molecule has 1 aromatic carbocycles. The molecule has 0 spiro atoms. The molecule has 0 aliphatic heterocycles. The van der Waals surface area contributed by atoms with Crippen LogP contribution in [0.2, 0.25) is 0 Å². The minimum Gasteiger partial charge on any atom is -0.478 e. The second kappa shape index (κ2) is 5.27. The molecule has 0 aliphatic rings. The highest BCUT2D eigenvalue weighted by Gasteiger charge is 2.12. The van der Waals surface area contributed by atoms with Gasteiger partial charge in [-0.25, -0.2) is 9.59 Å². The van der Waals surface area contributed by atoms with E-state index in [9.17, 15) is 9.59 Å². The number of ether oxygens (including phenoxy) is 1. The van der Waals surface area contributed by atoms with Gasteiger partial charge in [0.1, 0.15) is 6.61 Å². The van der Waals surface area contributed by atoms with Crippen LogP contribution in [0.25, 0.3) is 0 Å². The predicted octanol–water partition coefficient (Wildman–Crippen LogP) is 0.842. The molecule has 2 N–H and O–H groups in total. The number of carboxylic acid groups (broad SMARTS) is 1. The van der Waals surface area contributed by atoms with Crippen molar-refractivity contribution in [2.45, 2.75) is 6.92 Å². The van der Waals surface area contributed by atoms with E-state index < -0.39 is 11.9 Å². The van der Waals surface area contributed by atoms with Crippen LogP contribution in [-0.4, -0.2) is 35.4 Å². The molecule has 0 fully saturated rings. The molecule has 0 unspecified atom stereocenters. The Morgan fingerprint density at radius 2 is 2.06 bits per heavy atom. The lowest BCUT2D eigenvalue weighted by Crippen LogP contribution is -2.11. The molecule has 0 saturated heterocycles. The van der Waals surface area contributed by atoms with Crippen molar-refractivity contribution < 1.29 is 24.5 Å². The number of aromatic carboxylic acids is 1. The van der Waals surface area contributed by atoms with Crippen LogP contribution >= 0.6 is 0 Å². The van der Waals surface area contributed by atoms with Crippen LogP contribution in [0.15, 0.2) is 18.2 Å². The minimum absolute atomic E-state index is 0.0705. The van der Waals surface area contributed by atoms with Crippen LogP contribution in [-0.2, 0) is 4.74 Å². The summed E-state index contributed by atoms with van der Waals surface area (Å²) in [5, 5.41) is 17.2. The molecule has 0 bridgehead atoms. The van der Waals surface area contributed by atoms with Gasteiger partial charge in [-0.1, -0.05) is 0 Å². The van der Waals surface area contributed by atoms with Gasteiger partial charge < -0.3 is 14.9 Å². The van der Waals surface area contributed by atoms with Crippen molar-refractivity contribution in [3.63, 3.8) is 0 Å². The zero-order chi connectivity index (χ0) is 12.1. The molecule has 0 amide bonds. The summed E-state index contributed by atoms with van der Waals surface area (Å²) in [5.74, 6) is -1.61. The molecular formula is C11H12O5. The number of hydrogen-bond acceptors (Lipinski definition) is 4. The summed E-state index contributed by atoms with van der Waals surface area (Å²) in [6, 6.07) is 4.14. The van der Waals surface area contributed by atoms with E-state index in [4.69, 9.17) is 14.9 Å². The van der Waals surface area contributed by atoms with Gasteiger partial charge in [0.15, 0.2) is 0 Å². The first kappa shape index (κ1) is 12.2. The molecule has 0 heterocycles. The number of rotatable bonds is 4. The Labute approximate surface area is 92.3 Å². The number of benzene rings is 1. The number of aliphatic hydroxyl groups excluding tert-OH is 1. The minimum atomic E-state index is -1.04. The van der Waals surface area contributed by atoms with E-state index in [1.165, 1.54) is 18.2 Å². The van der Waals surface area contributed by atoms with E-state index in [2.05, 4.69) is 0 Å². The third-order valence-corrected chi connectivity index (χ3v) is 2.02. The van der Waals surface area contributed by atoms with Crippen LogP contribution in [0, 0.1) is 6.92 Å². The Balaban J connectivity index is 2.90. The largest absolute Gasteiger partial charge is 0.478 e. The molecule has 0 radical (unpaired) electrons. The zero-order valence-corrected chi connectivity index (χ0v) is 8.77. The van der Waals surface area contributed by atoms with Gasteiger partial charge in [0.05, 0.1) is 17.7 Å². The van der Waals surface area contributed by atoms with Gasteiger partial charge in [0, 0.05) is 0 Å². The van der Waals surface area contributed by atoms with Crippen molar-refractivity contribution in [1.29, 1.82) is 0 Å².